The summed E-state index contributed by atoms with van der Waals surface area (Å²) >= 11 is 0. The summed E-state index contributed by atoms with van der Waals surface area (Å²) in [6, 6.07) is 8.02. The average molecular weight is 353 g/mol. The fourth-order valence-electron chi connectivity index (χ4n) is 2.33. The van der Waals surface area contributed by atoms with Gasteiger partial charge in [-0.05, 0) is 55.6 Å². The maximum Gasteiger partial charge on any atom is 0.192 e. The Morgan fingerprint density at radius 3 is 2.21 bits per heavy atom. The summed E-state index contributed by atoms with van der Waals surface area (Å²) in [6.45, 7) is 17.8. The van der Waals surface area contributed by atoms with E-state index >= 15 is 0 Å². The molecule has 1 unspecified atom stereocenters. The van der Waals surface area contributed by atoms with Crippen LogP contribution in [0.5, 0.6) is 5.75 Å². The summed E-state index contributed by atoms with van der Waals surface area (Å²) in [5.41, 5.74) is 0.328. The van der Waals surface area contributed by atoms with E-state index in [0.29, 0.717) is 19.4 Å². The molecular formula is C20H36O3Si. The minimum absolute atomic E-state index is 0.203. The Bertz CT molecular complexity index is 516. The van der Waals surface area contributed by atoms with E-state index in [2.05, 4.69) is 39.9 Å². The standard InChI is InChI=1S/C20H36O3Si/c1-9-20(21,10-2)16(3)23-18-13-11-12-17(14-18)15-22-24(7,8)19(4,5)6/h11-14,16,21H,9-10,15H2,1-8H3. The Kier molecular flexibility index (Phi) is 7.09. The smallest absolute Gasteiger partial charge is 0.192 e. The molecule has 1 N–H and O–H groups in total. The van der Waals surface area contributed by atoms with Crippen LogP contribution in [0.25, 0.3) is 0 Å². The van der Waals surface area contributed by atoms with Crippen molar-refractivity contribution in [3.8, 4) is 5.75 Å². The normalized spacial score (nSPS) is 14.5. The summed E-state index contributed by atoms with van der Waals surface area (Å²) in [7, 11) is -1.76. The van der Waals surface area contributed by atoms with E-state index in [1.165, 1.54) is 0 Å². The van der Waals surface area contributed by atoms with Gasteiger partial charge in [-0.2, -0.15) is 0 Å². The molecule has 0 aliphatic carbocycles. The highest BCUT2D eigenvalue weighted by molar-refractivity contribution is 6.74. The Hall–Kier alpha value is -0.843. The molecule has 0 saturated carbocycles. The van der Waals surface area contributed by atoms with Gasteiger partial charge < -0.3 is 14.3 Å². The molecule has 0 aliphatic rings. The number of hydrogen-bond acceptors (Lipinski definition) is 3. The van der Waals surface area contributed by atoms with Crippen LogP contribution in [-0.2, 0) is 11.0 Å². The van der Waals surface area contributed by atoms with Crippen molar-refractivity contribution in [2.24, 2.45) is 0 Å². The van der Waals surface area contributed by atoms with Crippen molar-refractivity contribution in [1.29, 1.82) is 0 Å². The maximum absolute atomic E-state index is 10.6. The first-order chi connectivity index (χ1) is 10.9. The Morgan fingerprint density at radius 2 is 1.71 bits per heavy atom. The summed E-state index contributed by atoms with van der Waals surface area (Å²) in [4.78, 5) is 0. The number of ether oxygens (including phenoxy) is 1. The molecule has 138 valence electrons. The fraction of sp³-hybridized carbons (Fsp3) is 0.700. The first-order valence-electron chi connectivity index (χ1n) is 9.07. The van der Waals surface area contributed by atoms with Gasteiger partial charge in [0.2, 0.25) is 0 Å². The molecule has 24 heavy (non-hydrogen) atoms. The van der Waals surface area contributed by atoms with Crippen molar-refractivity contribution in [3.63, 3.8) is 0 Å². The summed E-state index contributed by atoms with van der Waals surface area (Å²) in [5, 5.41) is 10.8. The average Bonchev–Trinajstić information content (AvgIpc) is 2.51. The zero-order valence-electron chi connectivity index (χ0n) is 16.8. The monoisotopic (exact) mass is 352 g/mol. The second-order valence-electron chi connectivity index (χ2n) is 8.27. The van der Waals surface area contributed by atoms with Gasteiger partial charge in [0.15, 0.2) is 8.32 Å². The van der Waals surface area contributed by atoms with Crippen molar-refractivity contribution >= 4 is 8.32 Å². The van der Waals surface area contributed by atoms with E-state index < -0.39 is 13.9 Å². The van der Waals surface area contributed by atoms with E-state index in [0.717, 1.165) is 11.3 Å². The van der Waals surface area contributed by atoms with Crippen LogP contribution in [0.3, 0.4) is 0 Å². The number of benzene rings is 1. The quantitative estimate of drug-likeness (QED) is 0.625. The SMILES string of the molecule is CCC(O)(CC)C(C)Oc1cccc(CO[Si](C)(C)C(C)(C)C)c1. The van der Waals surface area contributed by atoms with E-state index in [1.807, 2.05) is 39.0 Å². The van der Waals surface area contributed by atoms with Gasteiger partial charge in [0.05, 0.1) is 6.61 Å². The first kappa shape index (κ1) is 21.2. The van der Waals surface area contributed by atoms with Gasteiger partial charge in [-0.25, -0.2) is 0 Å². The minimum atomic E-state index is -1.76. The van der Waals surface area contributed by atoms with Crippen LogP contribution in [0.1, 0.15) is 59.9 Å². The summed E-state index contributed by atoms with van der Waals surface area (Å²) in [6.07, 6.45) is 1.11. The van der Waals surface area contributed by atoms with E-state index in [-0.39, 0.29) is 11.1 Å². The molecule has 0 spiro atoms. The zero-order valence-corrected chi connectivity index (χ0v) is 17.8. The van der Waals surface area contributed by atoms with Gasteiger partial charge in [-0.1, -0.05) is 46.8 Å². The van der Waals surface area contributed by atoms with Crippen LogP contribution in [0.4, 0.5) is 0 Å². The zero-order chi connectivity index (χ0) is 18.6. The van der Waals surface area contributed by atoms with E-state index in [9.17, 15) is 5.11 Å². The number of hydrogen-bond donors (Lipinski definition) is 1. The predicted octanol–water partition coefficient (Wildman–Crippen LogP) is 5.53. The van der Waals surface area contributed by atoms with E-state index in [1.54, 1.807) is 0 Å². The lowest BCUT2D eigenvalue weighted by molar-refractivity contribution is -0.0588. The van der Waals surface area contributed by atoms with Crippen molar-refractivity contribution in [1.82, 2.24) is 0 Å². The molecule has 0 aromatic heterocycles. The van der Waals surface area contributed by atoms with Gasteiger partial charge in [-0.15, -0.1) is 0 Å². The molecule has 0 amide bonds. The highest BCUT2D eigenvalue weighted by Gasteiger charge is 2.37. The van der Waals surface area contributed by atoms with Crippen molar-refractivity contribution < 1.29 is 14.3 Å². The number of rotatable bonds is 8. The van der Waals surface area contributed by atoms with Crippen LogP contribution in [0, 0.1) is 0 Å². The lowest BCUT2D eigenvalue weighted by Gasteiger charge is -2.36. The fourth-order valence-corrected chi connectivity index (χ4v) is 3.29. The maximum atomic E-state index is 10.6. The molecule has 0 bridgehead atoms. The van der Waals surface area contributed by atoms with Gasteiger partial charge in [0.1, 0.15) is 17.5 Å². The van der Waals surface area contributed by atoms with Crippen molar-refractivity contribution in [3.05, 3.63) is 29.8 Å². The third-order valence-corrected chi connectivity index (χ3v) is 10.1. The third-order valence-electron chi connectivity index (χ3n) is 5.60. The number of aliphatic hydroxyl groups is 1. The Morgan fingerprint density at radius 1 is 1.12 bits per heavy atom. The molecule has 0 radical (unpaired) electrons. The van der Waals surface area contributed by atoms with Crippen LogP contribution in [-0.4, -0.2) is 25.1 Å². The first-order valence-corrected chi connectivity index (χ1v) is 12.0. The van der Waals surface area contributed by atoms with Crippen molar-refractivity contribution in [2.75, 3.05) is 0 Å². The summed E-state index contributed by atoms with van der Waals surface area (Å²) in [5.74, 6) is 0.791. The largest absolute Gasteiger partial charge is 0.488 e. The van der Waals surface area contributed by atoms with Gasteiger partial charge in [-0.3, -0.25) is 0 Å². The lowest BCUT2D eigenvalue weighted by atomic mass is 9.91. The topological polar surface area (TPSA) is 38.7 Å². The molecule has 0 aliphatic heterocycles. The molecule has 1 aromatic carbocycles. The molecule has 0 heterocycles. The van der Waals surface area contributed by atoms with Crippen LogP contribution in [0.2, 0.25) is 18.1 Å². The van der Waals surface area contributed by atoms with Crippen LogP contribution in [0.15, 0.2) is 24.3 Å². The highest BCUT2D eigenvalue weighted by atomic mass is 28.4. The van der Waals surface area contributed by atoms with Crippen LogP contribution < -0.4 is 4.74 Å². The summed E-state index contributed by atoms with van der Waals surface area (Å²) < 4.78 is 12.3. The molecule has 3 nitrogen and oxygen atoms in total. The third kappa shape index (κ3) is 5.33. The molecule has 1 aromatic rings. The molecule has 4 heteroatoms. The van der Waals surface area contributed by atoms with E-state index in [4.69, 9.17) is 9.16 Å². The molecule has 0 fully saturated rings. The highest BCUT2D eigenvalue weighted by Crippen LogP contribution is 2.37. The molecule has 0 saturated heterocycles. The second kappa shape index (κ2) is 8.02. The lowest BCUT2D eigenvalue weighted by Crippen LogP contribution is -2.42. The van der Waals surface area contributed by atoms with Crippen LogP contribution >= 0.6 is 0 Å². The molecule has 1 rings (SSSR count). The van der Waals surface area contributed by atoms with Gasteiger partial charge >= 0.3 is 0 Å². The predicted molar refractivity (Wildman–Crippen MR) is 104 cm³/mol. The Balaban J connectivity index is 2.78. The minimum Gasteiger partial charge on any atom is -0.488 e. The van der Waals surface area contributed by atoms with Gasteiger partial charge in [0, 0.05) is 0 Å². The van der Waals surface area contributed by atoms with Crippen molar-refractivity contribution in [2.45, 2.75) is 90.8 Å². The molecule has 1 atom stereocenters. The Labute approximate surface area is 149 Å². The molecular weight excluding hydrogens is 316 g/mol. The second-order valence-corrected chi connectivity index (χ2v) is 13.1. The van der Waals surface area contributed by atoms with Gasteiger partial charge in [0.25, 0.3) is 0 Å².